The molecule has 0 aromatic carbocycles. The number of hydrogen-bond donors (Lipinski definition) is 1. The molecule has 0 spiro atoms. The Morgan fingerprint density at radius 2 is 2.06 bits per heavy atom. The van der Waals surface area contributed by atoms with Crippen molar-refractivity contribution < 1.29 is 8.78 Å². The lowest BCUT2D eigenvalue weighted by atomic mass is 9.85. The summed E-state index contributed by atoms with van der Waals surface area (Å²) < 4.78 is 27.8. The third kappa shape index (κ3) is 2.02. The number of hydrogen-bond acceptors (Lipinski definition) is 3. The Kier molecular flexibility index (Phi) is 2.46. The fourth-order valence-electron chi connectivity index (χ4n) is 2.45. The number of nitrogen functional groups attached to an aromatic ring is 1. The van der Waals surface area contributed by atoms with Gasteiger partial charge in [-0.3, -0.25) is 0 Å². The van der Waals surface area contributed by atoms with E-state index in [1.807, 2.05) is 6.07 Å². The summed E-state index contributed by atoms with van der Waals surface area (Å²) in [6, 6.07) is 3.50. The molecule has 2 N–H and O–H groups in total. The number of halogens is 2. The number of nitrogens with zero attached hydrogens (tertiary/aromatic N) is 3. The van der Waals surface area contributed by atoms with E-state index in [0.29, 0.717) is 24.3 Å². The molecule has 0 unspecified atom stereocenters. The van der Waals surface area contributed by atoms with Gasteiger partial charge in [-0.2, -0.15) is 5.10 Å². The van der Waals surface area contributed by atoms with Gasteiger partial charge >= 0.3 is 0 Å². The van der Waals surface area contributed by atoms with E-state index in [0.717, 1.165) is 5.69 Å². The Bertz CT molecular complexity index is 568. The first-order valence-electron chi connectivity index (χ1n) is 6.03. The van der Waals surface area contributed by atoms with Crippen LogP contribution in [0.15, 0.2) is 18.3 Å². The highest BCUT2D eigenvalue weighted by Gasteiger charge is 2.36. The van der Waals surface area contributed by atoms with Crippen LogP contribution in [0.25, 0.3) is 5.65 Å². The van der Waals surface area contributed by atoms with Crippen molar-refractivity contribution in [3.8, 4) is 0 Å². The molecular formula is C12H14F2N4. The smallest absolute Gasteiger partial charge is 0.248 e. The molecule has 0 bridgehead atoms. The number of aromatic nitrogens is 3. The van der Waals surface area contributed by atoms with Crippen LogP contribution in [-0.4, -0.2) is 20.5 Å². The van der Waals surface area contributed by atoms with Gasteiger partial charge in [0.25, 0.3) is 0 Å². The van der Waals surface area contributed by atoms with Gasteiger partial charge in [-0.1, -0.05) is 0 Å². The molecule has 6 heteroatoms. The second kappa shape index (κ2) is 3.90. The summed E-state index contributed by atoms with van der Waals surface area (Å²) in [5, 5.41) is 4.38. The van der Waals surface area contributed by atoms with Gasteiger partial charge in [0.1, 0.15) is 5.82 Å². The molecule has 18 heavy (non-hydrogen) atoms. The second-order valence-corrected chi connectivity index (χ2v) is 4.85. The molecule has 4 nitrogen and oxygen atoms in total. The molecule has 2 heterocycles. The van der Waals surface area contributed by atoms with Crippen molar-refractivity contribution in [1.82, 2.24) is 14.6 Å². The molecule has 96 valence electrons. The quantitative estimate of drug-likeness (QED) is 0.848. The maximum absolute atomic E-state index is 13.1. The number of fused-ring (bicyclic) bond motifs is 1. The van der Waals surface area contributed by atoms with Crippen LogP contribution >= 0.6 is 0 Å². The highest BCUT2D eigenvalue weighted by atomic mass is 19.3. The van der Waals surface area contributed by atoms with E-state index >= 15 is 0 Å². The maximum atomic E-state index is 13.1. The van der Waals surface area contributed by atoms with Crippen LogP contribution in [-0.2, 0) is 0 Å². The Labute approximate surface area is 103 Å². The Balaban J connectivity index is 1.87. The maximum Gasteiger partial charge on any atom is 0.248 e. The van der Waals surface area contributed by atoms with Crippen molar-refractivity contribution >= 4 is 11.5 Å². The molecule has 2 aromatic rings. The van der Waals surface area contributed by atoms with E-state index in [2.05, 4.69) is 10.1 Å². The molecule has 1 aliphatic carbocycles. The lowest BCUT2D eigenvalue weighted by molar-refractivity contribution is -0.0384. The van der Waals surface area contributed by atoms with Crippen LogP contribution in [0.2, 0.25) is 0 Å². The van der Waals surface area contributed by atoms with E-state index in [4.69, 9.17) is 5.73 Å². The minimum atomic E-state index is -2.50. The Morgan fingerprint density at radius 1 is 1.33 bits per heavy atom. The lowest BCUT2D eigenvalue weighted by Gasteiger charge is -2.26. The monoisotopic (exact) mass is 252 g/mol. The van der Waals surface area contributed by atoms with Gasteiger partial charge in [0, 0.05) is 31.0 Å². The van der Waals surface area contributed by atoms with E-state index in [1.54, 1.807) is 16.8 Å². The molecule has 1 aliphatic rings. The summed E-state index contributed by atoms with van der Waals surface area (Å²) in [6.45, 7) is 0. The standard InChI is InChI=1S/C12H14F2N4/c13-12(14)4-1-8(2-5-12)9-7-11-16-10(15)3-6-18(11)17-9/h3,6-8H,1-2,4-5H2,(H2,15,16). The number of anilines is 1. The van der Waals surface area contributed by atoms with Gasteiger partial charge in [-0.25, -0.2) is 18.3 Å². The van der Waals surface area contributed by atoms with Crippen LogP contribution < -0.4 is 5.73 Å². The third-order valence-corrected chi connectivity index (χ3v) is 3.50. The van der Waals surface area contributed by atoms with Crippen LogP contribution in [0.1, 0.15) is 37.3 Å². The summed E-state index contributed by atoms with van der Waals surface area (Å²) in [5.41, 5.74) is 7.10. The van der Waals surface area contributed by atoms with Crippen LogP contribution in [0.5, 0.6) is 0 Å². The van der Waals surface area contributed by atoms with E-state index in [-0.39, 0.29) is 18.8 Å². The average Bonchev–Trinajstić information content (AvgIpc) is 2.71. The molecule has 0 atom stereocenters. The summed E-state index contributed by atoms with van der Waals surface area (Å²) in [6.07, 6.45) is 2.58. The first-order valence-corrected chi connectivity index (χ1v) is 6.03. The molecule has 3 rings (SSSR count). The zero-order valence-corrected chi connectivity index (χ0v) is 9.81. The van der Waals surface area contributed by atoms with Gasteiger partial charge in [0.15, 0.2) is 5.65 Å². The minimum absolute atomic E-state index is 0.0545. The Hall–Kier alpha value is -1.72. The molecule has 0 radical (unpaired) electrons. The number of nitrogens with two attached hydrogens (primary N) is 1. The van der Waals surface area contributed by atoms with Crippen molar-refractivity contribution in [2.75, 3.05) is 5.73 Å². The Morgan fingerprint density at radius 3 is 2.78 bits per heavy atom. The summed E-state index contributed by atoms with van der Waals surface area (Å²) in [4.78, 5) is 4.15. The fraction of sp³-hybridized carbons (Fsp3) is 0.500. The third-order valence-electron chi connectivity index (χ3n) is 3.50. The van der Waals surface area contributed by atoms with E-state index < -0.39 is 5.92 Å². The van der Waals surface area contributed by atoms with Crippen molar-refractivity contribution in [2.45, 2.75) is 37.5 Å². The molecular weight excluding hydrogens is 238 g/mol. The van der Waals surface area contributed by atoms with Gasteiger partial charge in [0.2, 0.25) is 5.92 Å². The predicted octanol–water partition coefficient (Wildman–Crippen LogP) is 2.60. The molecule has 0 saturated heterocycles. The summed E-state index contributed by atoms with van der Waals surface area (Å²) >= 11 is 0. The van der Waals surface area contributed by atoms with E-state index in [9.17, 15) is 8.78 Å². The molecule has 1 fully saturated rings. The SMILES string of the molecule is Nc1ccn2nc(C3CCC(F)(F)CC3)cc2n1. The topological polar surface area (TPSA) is 56.2 Å². The largest absolute Gasteiger partial charge is 0.384 e. The van der Waals surface area contributed by atoms with Crippen LogP contribution in [0, 0.1) is 0 Å². The van der Waals surface area contributed by atoms with Crippen LogP contribution in [0.4, 0.5) is 14.6 Å². The number of rotatable bonds is 1. The molecule has 0 aliphatic heterocycles. The lowest BCUT2D eigenvalue weighted by Crippen LogP contribution is -2.23. The first kappa shape index (κ1) is 11.4. The zero-order valence-electron chi connectivity index (χ0n) is 9.81. The number of alkyl halides is 2. The first-order chi connectivity index (χ1) is 8.53. The summed E-state index contributed by atoms with van der Waals surface area (Å²) in [5.74, 6) is -1.96. The van der Waals surface area contributed by atoms with Gasteiger partial charge in [0.05, 0.1) is 5.69 Å². The second-order valence-electron chi connectivity index (χ2n) is 4.85. The highest BCUT2D eigenvalue weighted by Crippen LogP contribution is 2.40. The van der Waals surface area contributed by atoms with Gasteiger partial charge in [-0.05, 0) is 18.9 Å². The molecule has 0 amide bonds. The minimum Gasteiger partial charge on any atom is -0.384 e. The van der Waals surface area contributed by atoms with Gasteiger partial charge in [-0.15, -0.1) is 0 Å². The van der Waals surface area contributed by atoms with Crippen LogP contribution in [0.3, 0.4) is 0 Å². The van der Waals surface area contributed by atoms with E-state index in [1.165, 1.54) is 0 Å². The van der Waals surface area contributed by atoms with Gasteiger partial charge < -0.3 is 5.73 Å². The average molecular weight is 252 g/mol. The van der Waals surface area contributed by atoms with Crippen molar-refractivity contribution in [1.29, 1.82) is 0 Å². The highest BCUT2D eigenvalue weighted by molar-refractivity contribution is 5.45. The van der Waals surface area contributed by atoms with Crippen molar-refractivity contribution in [3.63, 3.8) is 0 Å². The summed E-state index contributed by atoms with van der Waals surface area (Å²) in [7, 11) is 0. The van der Waals surface area contributed by atoms with Crippen molar-refractivity contribution in [2.24, 2.45) is 0 Å². The molecule has 2 aromatic heterocycles. The normalized spacial score (nSPS) is 20.3. The zero-order chi connectivity index (χ0) is 12.8. The predicted molar refractivity (Wildman–Crippen MR) is 63.6 cm³/mol. The molecule has 1 saturated carbocycles. The fourth-order valence-corrected chi connectivity index (χ4v) is 2.45. The van der Waals surface area contributed by atoms with Crippen molar-refractivity contribution in [3.05, 3.63) is 24.0 Å².